The molecule has 1 heterocycles. The summed E-state index contributed by atoms with van der Waals surface area (Å²) in [4.78, 5) is 12.9. The summed E-state index contributed by atoms with van der Waals surface area (Å²) in [5.41, 5.74) is 1.35. The molecule has 2 rings (SSSR count). The molecule has 1 amide bonds. The van der Waals surface area contributed by atoms with Crippen LogP contribution in [0.3, 0.4) is 0 Å². The zero-order valence-corrected chi connectivity index (χ0v) is 12.5. The minimum absolute atomic E-state index is 0.155. The molecule has 0 aliphatic rings. The molecule has 2 aromatic rings. The van der Waals surface area contributed by atoms with Crippen molar-refractivity contribution in [1.29, 1.82) is 0 Å². The van der Waals surface area contributed by atoms with Crippen LogP contribution in [0.1, 0.15) is 5.56 Å². The molecular weight excluding hydrogens is 299 g/mol. The van der Waals surface area contributed by atoms with E-state index in [9.17, 15) is 9.18 Å². The number of carbonyl (C=O) groups excluding carboxylic acids is 1. The van der Waals surface area contributed by atoms with Crippen LogP contribution in [0.5, 0.6) is 0 Å². The fraction of sp³-hybridized carbons (Fsp3) is 0.214. The lowest BCUT2D eigenvalue weighted by atomic mass is 10.3. The van der Waals surface area contributed by atoms with Crippen molar-refractivity contribution in [3.05, 3.63) is 51.4 Å². The molecule has 1 aromatic carbocycles. The van der Waals surface area contributed by atoms with Crippen LogP contribution in [0.25, 0.3) is 0 Å². The minimum atomic E-state index is -0.527. The third-order valence-electron chi connectivity index (χ3n) is 2.75. The van der Waals surface area contributed by atoms with Gasteiger partial charge in [-0.05, 0) is 35.0 Å². The number of thiophene rings is 1. The second-order valence-electron chi connectivity index (χ2n) is 4.61. The van der Waals surface area contributed by atoms with Gasteiger partial charge in [0.05, 0.1) is 12.7 Å². The van der Waals surface area contributed by atoms with Crippen LogP contribution in [0, 0.1) is 5.82 Å². The third kappa shape index (κ3) is 4.30. The maximum absolute atomic E-state index is 13.5. The molecule has 0 spiro atoms. The van der Waals surface area contributed by atoms with E-state index in [1.807, 2.05) is 18.5 Å². The second-order valence-corrected chi connectivity index (χ2v) is 5.83. The van der Waals surface area contributed by atoms with Gasteiger partial charge in [0.25, 0.3) is 5.91 Å². The quantitative estimate of drug-likeness (QED) is 0.872. The van der Waals surface area contributed by atoms with Crippen molar-refractivity contribution >= 4 is 34.5 Å². The van der Waals surface area contributed by atoms with E-state index in [1.165, 1.54) is 17.7 Å². The first-order valence-electron chi connectivity index (χ1n) is 6.12. The first-order chi connectivity index (χ1) is 9.54. The van der Waals surface area contributed by atoms with Crippen LogP contribution < -0.4 is 10.2 Å². The van der Waals surface area contributed by atoms with Crippen molar-refractivity contribution in [3.8, 4) is 0 Å². The second kappa shape index (κ2) is 6.83. The summed E-state index contributed by atoms with van der Waals surface area (Å²) in [5.74, 6) is -0.750. The summed E-state index contributed by atoms with van der Waals surface area (Å²) >= 11 is 7.29. The fourth-order valence-corrected chi connectivity index (χ4v) is 2.69. The Hall–Kier alpha value is -1.43. The number of carbonyl (C=O) groups is 1. The largest absolute Gasteiger partial charge is 0.326 e. The van der Waals surface area contributed by atoms with Crippen LogP contribution in [0.4, 0.5) is 10.1 Å². The highest BCUT2D eigenvalue weighted by Gasteiger charge is 2.13. The Morgan fingerprint density at radius 3 is 2.90 bits per heavy atom. The lowest BCUT2D eigenvalue weighted by molar-refractivity contribution is -0.885. The Labute approximate surface area is 126 Å². The van der Waals surface area contributed by atoms with Crippen molar-refractivity contribution in [3.63, 3.8) is 0 Å². The number of halogens is 2. The number of amides is 1. The summed E-state index contributed by atoms with van der Waals surface area (Å²) in [6, 6.07) is 6.22. The number of nitrogens with one attached hydrogen (secondary N) is 2. The Morgan fingerprint density at radius 2 is 2.25 bits per heavy atom. The molecule has 2 N–H and O–H groups in total. The molecule has 20 heavy (non-hydrogen) atoms. The zero-order chi connectivity index (χ0) is 14.5. The number of anilines is 1. The van der Waals surface area contributed by atoms with E-state index in [2.05, 4.69) is 10.7 Å². The number of hydrogen-bond donors (Lipinski definition) is 2. The van der Waals surface area contributed by atoms with Crippen molar-refractivity contribution in [1.82, 2.24) is 0 Å². The average molecular weight is 314 g/mol. The number of likely N-dealkylation sites (N-methyl/N-ethyl adjacent to an activating group) is 1. The molecule has 0 radical (unpaired) electrons. The van der Waals surface area contributed by atoms with E-state index in [0.717, 1.165) is 11.4 Å². The molecule has 1 aromatic heterocycles. The molecule has 0 fully saturated rings. The first kappa shape index (κ1) is 15.0. The van der Waals surface area contributed by atoms with Gasteiger partial charge in [-0.25, -0.2) is 4.39 Å². The zero-order valence-electron chi connectivity index (χ0n) is 11.0. The van der Waals surface area contributed by atoms with Crippen LogP contribution >= 0.6 is 22.9 Å². The normalized spacial score (nSPS) is 12.2. The Kier molecular flexibility index (Phi) is 5.11. The summed E-state index contributed by atoms with van der Waals surface area (Å²) in [6.45, 7) is 1.04. The number of rotatable bonds is 5. The molecule has 0 aliphatic heterocycles. The van der Waals surface area contributed by atoms with Gasteiger partial charge in [0.15, 0.2) is 6.54 Å². The van der Waals surface area contributed by atoms with E-state index < -0.39 is 5.82 Å². The lowest BCUT2D eigenvalue weighted by Crippen LogP contribution is -3.08. The number of hydrogen-bond acceptors (Lipinski definition) is 2. The SMILES string of the molecule is C[NH+](CC(=O)Nc1ccc(Cl)cc1F)Cc1ccsc1. The molecule has 1 atom stereocenters. The van der Waals surface area contributed by atoms with E-state index in [0.29, 0.717) is 5.02 Å². The topological polar surface area (TPSA) is 33.5 Å². The van der Waals surface area contributed by atoms with Gasteiger partial charge in [0.1, 0.15) is 12.4 Å². The van der Waals surface area contributed by atoms with E-state index in [1.54, 1.807) is 17.4 Å². The number of benzene rings is 1. The minimum Gasteiger partial charge on any atom is -0.326 e. The average Bonchev–Trinajstić information content (AvgIpc) is 2.85. The smallest absolute Gasteiger partial charge is 0.279 e. The van der Waals surface area contributed by atoms with Crippen molar-refractivity contribution < 1.29 is 14.1 Å². The van der Waals surface area contributed by atoms with Crippen LogP contribution in [0.15, 0.2) is 35.0 Å². The summed E-state index contributed by atoms with van der Waals surface area (Å²) in [5, 5.41) is 6.92. The number of quaternary nitrogens is 1. The molecule has 0 saturated carbocycles. The maximum Gasteiger partial charge on any atom is 0.279 e. The van der Waals surface area contributed by atoms with Crippen molar-refractivity contribution in [2.75, 3.05) is 18.9 Å². The molecule has 6 heteroatoms. The van der Waals surface area contributed by atoms with Gasteiger partial charge in [0.2, 0.25) is 0 Å². The van der Waals surface area contributed by atoms with Crippen molar-refractivity contribution in [2.45, 2.75) is 6.54 Å². The lowest BCUT2D eigenvalue weighted by Gasteiger charge is -2.13. The van der Waals surface area contributed by atoms with Gasteiger partial charge in [-0.2, -0.15) is 11.3 Å². The maximum atomic E-state index is 13.5. The van der Waals surface area contributed by atoms with Gasteiger partial charge in [-0.15, -0.1) is 0 Å². The van der Waals surface area contributed by atoms with E-state index >= 15 is 0 Å². The van der Waals surface area contributed by atoms with Gasteiger partial charge in [-0.1, -0.05) is 11.6 Å². The monoisotopic (exact) mass is 313 g/mol. The predicted octanol–water partition coefficient (Wildman–Crippen LogP) is 2.19. The first-order valence-corrected chi connectivity index (χ1v) is 7.44. The molecule has 0 aliphatic carbocycles. The van der Waals surface area contributed by atoms with Crippen LogP contribution in [-0.2, 0) is 11.3 Å². The highest BCUT2D eigenvalue weighted by atomic mass is 35.5. The summed E-state index contributed by atoms with van der Waals surface area (Å²) in [6.07, 6.45) is 0. The predicted molar refractivity (Wildman–Crippen MR) is 79.8 cm³/mol. The standard InChI is InChI=1S/C14H14ClFN2OS/c1-18(7-10-4-5-20-9-10)8-14(19)17-13-3-2-11(15)6-12(13)16/h2-6,9H,7-8H2,1H3,(H,17,19)/p+1. The molecule has 3 nitrogen and oxygen atoms in total. The van der Waals surface area contributed by atoms with Gasteiger partial charge in [-0.3, -0.25) is 4.79 Å². The molecule has 1 unspecified atom stereocenters. The Balaban J connectivity index is 1.88. The molecule has 106 valence electrons. The van der Waals surface area contributed by atoms with Crippen molar-refractivity contribution in [2.24, 2.45) is 0 Å². The highest BCUT2D eigenvalue weighted by molar-refractivity contribution is 7.07. The molecule has 0 saturated heterocycles. The fourth-order valence-electron chi connectivity index (χ4n) is 1.86. The Bertz CT molecular complexity index is 589. The molecular formula is C14H15ClFN2OS+. The van der Waals surface area contributed by atoms with Crippen LogP contribution in [0.2, 0.25) is 5.02 Å². The Morgan fingerprint density at radius 1 is 1.45 bits per heavy atom. The van der Waals surface area contributed by atoms with Crippen LogP contribution in [-0.4, -0.2) is 19.5 Å². The highest BCUT2D eigenvalue weighted by Crippen LogP contribution is 2.18. The summed E-state index contributed by atoms with van der Waals surface area (Å²) < 4.78 is 13.5. The molecule has 0 bridgehead atoms. The third-order valence-corrected chi connectivity index (χ3v) is 3.72. The van der Waals surface area contributed by atoms with E-state index in [4.69, 9.17) is 11.6 Å². The van der Waals surface area contributed by atoms with Gasteiger partial charge in [0, 0.05) is 10.6 Å². The van der Waals surface area contributed by atoms with Gasteiger partial charge >= 0.3 is 0 Å². The van der Waals surface area contributed by atoms with Gasteiger partial charge < -0.3 is 10.2 Å². The summed E-state index contributed by atoms with van der Waals surface area (Å²) in [7, 11) is 1.93. The van der Waals surface area contributed by atoms with E-state index in [-0.39, 0.29) is 18.1 Å².